The van der Waals surface area contributed by atoms with Crippen LogP contribution in [-0.4, -0.2) is 32.3 Å². The Bertz CT molecular complexity index is 963. The van der Waals surface area contributed by atoms with Gasteiger partial charge in [0.2, 0.25) is 0 Å². The molecular formula is C21H21BrO5. The molecule has 0 aliphatic rings. The molecule has 5 nitrogen and oxygen atoms in total. The first-order valence-electron chi connectivity index (χ1n) is 8.62. The van der Waals surface area contributed by atoms with Gasteiger partial charge in [-0.25, -0.2) is 0 Å². The van der Waals surface area contributed by atoms with E-state index in [0.717, 1.165) is 16.6 Å². The summed E-state index contributed by atoms with van der Waals surface area (Å²) in [6.07, 6.45) is 0. The second kappa shape index (κ2) is 9.06. The van der Waals surface area contributed by atoms with Crippen LogP contribution in [0.2, 0.25) is 0 Å². The van der Waals surface area contributed by atoms with Crippen molar-refractivity contribution < 1.29 is 18.6 Å². The first-order chi connectivity index (χ1) is 13.1. The number of hydrogen-bond donors (Lipinski definition) is 0. The zero-order valence-electron chi connectivity index (χ0n) is 15.3. The number of halogens is 1. The zero-order chi connectivity index (χ0) is 19.2. The molecule has 0 aliphatic carbocycles. The lowest BCUT2D eigenvalue weighted by Crippen LogP contribution is -2.08. The average Bonchev–Trinajstić information content (AvgIpc) is 2.71. The first kappa shape index (κ1) is 19.5. The Labute approximate surface area is 166 Å². The molecule has 1 heterocycles. The van der Waals surface area contributed by atoms with Crippen molar-refractivity contribution in [2.45, 2.75) is 6.92 Å². The molecule has 0 bridgehead atoms. The van der Waals surface area contributed by atoms with Gasteiger partial charge in [-0.2, -0.15) is 0 Å². The summed E-state index contributed by atoms with van der Waals surface area (Å²) in [6, 6.07) is 12.7. The van der Waals surface area contributed by atoms with Crippen molar-refractivity contribution in [1.82, 2.24) is 0 Å². The highest BCUT2D eigenvalue weighted by Crippen LogP contribution is 2.28. The summed E-state index contributed by atoms with van der Waals surface area (Å²) in [7, 11) is 1.57. The van der Waals surface area contributed by atoms with Gasteiger partial charge in [0, 0.05) is 16.5 Å². The highest BCUT2D eigenvalue weighted by Gasteiger charge is 2.13. The SMILES string of the molecule is COc1ccc2oc(-c3ccc(OCCOCCBr)cc3)c(C)c(=O)c2c1. The molecule has 0 N–H and O–H groups in total. The summed E-state index contributed by atoms with van der Waals surface area (Å²) in [5.74, 6) is 1.93. The fraction of sp³-hybridized carbons (Fsp3) is 0.286. The van der Waals surface area contributed by atoms with E-state index in [1.165, 1.54) is 0 Å². The number of alkyl halides is 1. The summed E-state index contributed by atoms with van der Waals surface area (Å²) < 4.78 is 22.2. The van der Waals surface area contributed by atoms with Crippen LogP contribution >= 0.6 is 15.9 Å². The molecule has 1 aromatic heterocycles. The molecular weight excluding hydrogens is 412 g/mol. The van der Waals surface area contributed by atoms with Gasteiger partial charge in [-0.15, -0.1) is 0 Å². The average molecular weight is 433 g/mol. The maximum absolute atomic E-state index is 12.7. The lowest BCUT2D eigenvalue weighted by atomic mass is 10.1. The second-order valence-electron chi connectivity index (χ2n) is 5.92. The van der Waals surface area contributed by atoms with Crippen LogP contribution in [0.25, 0.3) is 22.3 Å². The van der Waals surface area contributed by atoms with E-state index in [1.807, 2.05) is 24.3 Å². The van der Waals surface area contributed by atoms with E-state index in [2.05, 4.69) is 15.9 Å². The van der Waals surface area contributed by atoms with Crippen molar-refractivity contribution in [1.29, 1.82) is 0 Å². The lowest BCUT2D eigenvalue weighted by molar-refractivity contribution is 0.112. The fourth-order valence-electron chi connectivity index (χ4n) is 2.75. The molecule has 0 saturated heterocycles. The Morgan fingerprint density at radius 3 is 2.44 bits per heavy atom. The first-order valence-corrected chi connectivity index (χ1v) is 9.74. The van der Waals surface area contributed by atoms with Crippen molar-refractivity contribution in [2.24, 2.45) is 0 Å². The minimum absolute atomic E-state index is 0.0607. The Morgan fingerprint density at radius 2 is 1.74 bits per heavy atom. The van der Waals surface area contributed by atoms with Crippen molar-refractivity contribution in [2.75, 3.05) is 32.3 Å². The van der Waals surface area contributed by atoms with Gasteiger partial charge >= 0.3 is 0 Å². The van der Waals surface area contributed by atoms with E-state index in [4.69, 9.17) is 18.6 Å². The molecule has 0 spiro atoms. The number of hydrogen-bond acceptors (Lipinski definition) is 5. The van der Waals surface area contributed by atoms with Crippen molar-refractivity contribution in [3.63, 3.8) is 0 Å². The van der Waals surface area contributed by atoms with Crippen molar-refractivity contribution in [3.8, 4) is 22.8 Å². The topological polar surface area (TPSA) is 57.9 Å². The predicted molar refractivity (Wildman–Crippen MR) is 109 cm³/mol. The Kier molecular flexibility index (Phi) is 6.53. The fourth-order valence-corrected chi connectivity index (χ4v) is 2.98. The number of rotatable bonds is 8. The van der Waals surface area contributed by atoms with E-state index in [1.54, 1.807) is 32.2 Å². The molecule has 0 fully saturated rings. The number of ether oxygens (including phenoxy) is 3. The van der Waals surface area contributed by atoms with E-state index in [0.29, 0.717) is 47.9 Å². The van der Waals surface area contributed by atoms with Gasteiger partial charge in [0.1, 0.15) is 29.4 Å². The van der Waals surface area contributed by atoms with Crippen LogP contribution in [0.4, 0.5) is 0 Å². The second-order valence-corrected chi connectivity index (χ2v) is 6.71. The van der Waals surface area contributed by atoms with E-state index in [9.17, 15) is 4.79 Å². The molecule has 2 aromatic carbocycles. The highest BCUT2D eigenvalue weighted by molar-refractivity contribution is 9.09. The van der Waals surface area contributed by atoms with Crippen LogP contribution in [0.5, 0.6) is 11.5 Å². The van der Waals surface area contributed by atoms with Crippen LogP contribution in [0, 0.1) is 6.92 Å². The van der Waals surface area contributed by atoms with Crippen LogP contribution < -0.4 is 14.9 Å². The summed E-state index contributed by atoms with van der Waals surface area (Å²) >= 11 is 3.31. The number of fused-ring (bicyclic) bond motifs is 1. The molecule has 0 amide bonds. The van der Waals surface area contributed by atoms with Gasteiger partial charge in [-0.1, -0.05) is 15.9 Å². The quantitative estimate of drug-likeness (QED) is 0.385. The largest absolute Gasteiger partial charge is 0.497 e. The highest BCUT2D eigenvalue weighted by atomic mass is 79.9. The maximum Gasteiger partial charge on any atom is 0.196 e. The molecule has 6 heteroatoms. The van der Waals surface area contributed by atoms with E-state index in [-0.39, 0.29) is 5.43 Å². The molecule has 0 aliphatic heterocycles. The molecule has 0 unspecified atom stereocenters. The molecule has 0 atom stereocenters. The van der Waals surface area contributed by atoms with Crippen LogP contribution in [-0.2, 0) is 4.74 Å². The molecule has 3 aromatic rings. The van der Waals surface area contributed by atoms with Crippen LogP contribution in [0.1, 0.15) is 5.56 Å². The van der Waals surface area contributed by atoms with Gasteiger partial charge in [0.25, 0.3) is 0 Å². The summed E-state index contributed by atoms with van der Waals surface area (Å²) in [5, 5.41) is 1.32. The summed E-state index contributed by atoms with van der Waals surface area (Å²) in [6.45, 7) is 3.45. The van der Waals surface area contributed by atoms with E-state index < -0.39 is 0 Å². The predicted octanol–water partition coefficient (Wildman–Crippen LogP) is 4.57. The molecule has 3 rings (SSSR count). The smallest absolute Gasteiger partial charge is 0.196 e. The Morgan fingerprint density at radius 1 is 1.00 bits per heavy atom. The normalized spacial score (nSPS) is 10.9. The Balaban J connectivity index is 1.82. The van der Waals surface area contributed by atoms with Crippen molar-refractivity contribution >= 4 is 26.9 Å². The Hall–Kier alpha value is -2.31. The van der Waals surface area contributed by atoms with Crippen molar-refractivity contribution in [3.05, 3.63) is 58.3 Å². The molecule has 0 saturated carbocycles. The zero-order valence-corrected chi connectivity index (χ0v) is 16.9. The van der Waals surface area contributed by atoms with Gasteiger partial charge in [0.05, 0.1) is 25.7 Å². The standard InChI is InChI=1S/C21H21BrO5/c1-14-20(23)18-13-17(24-2)7-8-19(18)27-21(14)15-3-5-16(6-4-15)26-12-11-25-10-9-22/h3-8,13H,9-12H2,1-2H3. The van der Waals surface area contributed by atoms with Crippen LogP contribution in [0.3, 0.4) is 0 Å². The van der Waals surface area contributed by atoms with Gasteiger partial charge in [-0.3, -0.25) is 4.79 Å². The van der Waals surface area contributed by atoms with Gasteiger partial charge in [0.15, 0.2) is 5.43 Å². The molecule has 27 heavy (non-hydrogen) atoms. The number of benzene rings is 2. The lowest BCUT2D eigenvalue weighted by Gasteiger charge is -2.10. The third-order valence-electron chi connectivity index (χ3n) is 4.16. The summed E-state index contributed by atoms with van der Waals surface area (Å²) in [5.41, 5.74) is 1.86. The third kappa shape index (κ3) is 4.51. The molecule has 142 valence electrons. The van der Waals surface area contributed by atoms with Gasteiger partial charge < -0.3 is 18.6 Å². The monoisotopic (exact) mass is 432 g/mol. The van der Waals surface area contributed by atoms with Gasteiger partial charge in [-0.05, 0) is 49.4 Å². The summed E-state index contributed by atoms with van der Waals surface area (Å²) in [4.78, 5) is 12.7. The molecule has 0 radical (unpaired) electrons. The minimum atomic E-state index is -0.0607. The number of methoxy groups -OCH3 is 1. The minimum Gasteiger partial charge on any atom is -0.497 e. The maximum atomic E-state index is 12.7. The van der Waals surface area contributed by atoms with E-state index >= 15 is 0 Å². The third-order valence-corrected chi connectivity index (χ3v) is 4.48. The van der Waals surface area contributed by atoms with Crippen LogP contribution in [0.15, 0.2) is 51.7 Å².